The molecule has 3 saturated carbocycles. The first-order chi connectivity index (χ1) is 59.1. The van der Waals surface area contributed by atoms with Crippen LogP contribution in [0.4, 0.5) is 0 Å². The summed E-state index contributed by atoms with van der Waals surface area (Å²) in [6, 6.07) is 22.1. The van der Waals surface area contributed by atoms with Gasteiger partial charge in [0, 0.05) is 144 Å². The van der Waals surface area contributed by atoms with Gasteiger partial charge >= 0.3 is 0 Å². The van der Waals surface area contributed by atoms with Gasteiger partial charge in [-0.05, 0) is 186 Å². The van der Waals surface area contributed by atoms with E-state index in [1.54, 1.807) is 11.0 Å². The minimum atomic E-state index is -0.815. The van der Waals surface area contributed by atoms with Crippen LogP contribution in [-0.2, 0) is 109 Å². The van der Waals surface area contributed by atoms with E-state index < -0.39 is 27.6 Å². The van der Waals surface area contributed by atoms with Crippen LogP contribution < -0.4 is 58.3 Å². The monoisotopic (exact) mass is 1750 g/mol. The summed E-state index contributed by atoms with van der Waals surface area (Å²) in [4.78, 5) is 10.2. The lowest BCUT2D eigenvalue weighted by atomic mass is 9.48. The lowest BCUT2D eigenvalue weighted by molar-refractivity contribution is -0.924. The first-order valence-corrected chi connectivity index (χ1v) is 46.7. The topological polar surface area (TPSA) is 273 Å². The molecule has 9 unspecified atom stereocenters. The minimum Gasteiger partial charge on any atom is -1.00 e. The Morgan fingerprint density at radius 1 is 0.387 bits per heavy atom. The zero-order valence-corrected chi connectivity index (χ0v) is 75.4. The molecule has 10 bridgehead atoms. The van der Waals surface area contributed by atoms with Crippen LogP contribution in [-0.4, -0.2) is 265 Å². The van der Waals surface area contributed by atoms with Crippen molar-refractivity contribution in [1.82, 2.24) is 14.7 Å². The van der Waals surface area contributed by atoms with Crippen molar-refractivity contribution in [2.75, 3.05) is 101 Å². The lowest BCUT2D eigenvalue weighted by Crippen LogP contribution is -3.19. The van der Waals surface area contributed by atoms with Gasteiger partial charge < -0.3 is 138 Å². The van der Waals surface area contributed by atoms with Gasteiger partial charge in [-0.3, -0.25) is 0 Å². The van der Waals surface area contributed by atoms with E-state index in [9.17, 15) is 40.9 Å². The number of ether oxygens (including phenoxy) is 10. The maximum atomic E-state index is 12.0. The normalized spacial score (nSPS) is 40.8. The summed E-state index contributed by atoms with van der Waals surface area (Å²) in [7, 11) is 11.0. The Bertz CT molecular complexity index is 4760. The van der Waals surface area contributed by atoms with Gasteiger partial charge in [-0.15, -0.1) is 0 Å². The van der Waals surface area contributed by atoms with E-state index in [1.165, 1.54) is 61.5 Å². The van der Waals surface area contributed by atoms with Crippen molar-refractivity contribution in [3.05, 3.63) is 163 Å². The highest BCUT2D eigenvalue weighted by molar-refractivity contribution is 5.66. The van der Waals surface area contributed by atoms with E-state index in [2.05, 4.69) is 105 Å². The number of quaternary nitrogens is 2. The molecule has 10 aliphatic carbocycles. The zero-order chi connectivity index (χ0) is 84.4. The number of hydrogen-bond donors (Lipinski definition) is 10. The average Bonchev–Trinajstić information content (AvgIpc) is 1.58. The molecule has 27 atom stereocenters. The van der Waals surface area contributed by atoms with Crippen LogP contribution in [0.1, 0.15) is 183 Å². The van der Waals surface area contributed by atoms with Crippen molar-refractivity contribution < 1.29 is 123 Å². The quantitative estimate of drug-likeness (QED) is 0.0631. The highest BCUT2D eigenvalue weighted by Gasteiger charge is 2.78. The number of phenolic OH excluding ortho intramolecular Hbond substituents is 1. The molecule has 25 rings (SSSR count). The van der Waals surface area contributed by atoms with E-state index in [1.807, 2.05) is 58.9 Å². The Balaban J connectivity index is 0.000000101. The van der Waals surface area contributed by atoms with E-state index in [4.69, 9.17) is 47.4 Å². The molecule has 5 aromatic rings. The van der Waals surface area contributed by atoms with Crippen molar-refractivity contribution in [1.29, 1.82) is 0 Å². The van der Waals surface area contributed by atoms with Crippen LogP contribution in [0.15, 0.2) is 85.0 Å². The number of piperidine rings is 5. The Morgan fingerprint density at radius 2 is 0.766 bits per heavy atom. The number of aliphatic hydroxyl groups is 7. The number of likely N-dealkylation sites (N-methyl/N-ethyl adjacent to an activating group) is 5. The fourth-order valence-electron chi connectivity index (χ4n) is 30.5. The Morgan fingerprint density at radius 3 is 1.24 bits per heavy atom. The molecule has 0 amide bonds. The van der Waals surface area contributed by atoms with Gasteiger partial charge in [-0.25, -0.2) is 0 Å². The average molecular weight is 1750 g/mol. The molecule has 20 aliphatic rings. The Kier molecular flexibility index (Phi) is 22.7. The molecule has 674 valence electrons. The van der Waals surface area contributed by atoms with Crippen molar-refractivity contribution in [2.45, 2.75) is 299 Å². The summed E-state index contributed by atoms with van der Waals surface area (Å²) in [6.45, 7) is 18.7. The molecule has 10 aliphatic heterocycles. The zero-order valence-electron chi connectivity index (χ0n) is 73.9. The highest BCUT2D eigenvalue weighted by atomic mass is 35.5. The van der Waals surface area contributed by atoms with Gasteiger partial charge in [0.1, 0.15) is 77.4 Å². The number of halogens is 2. The van der Waals surface area contributed by atoms with E-state index in [0.717, 1.165) is 180 Å². The molecule has 0 aromatic heterocycles. The molecule has 124 heavy (non-hydrogen) atoms. The van der Waals surface area contributed by atoms with Crippen molar-refractivity contribution in [3.8, 4) is 34.5 Å². The molecule has 8 fully saturated rings. The molecule has 5 spiro atoms. The summed E-state index contributed by atoms with van der Waals surface area (Å²) in [6.07, 6.45) is 23.0. The van der Waals surface area contributed by atoms with Crippen LogP contribution in [0.5, 0.6) is 34.5 Å². The van der Waals surface area contributed by atoms with Gasteiger partial charge in [0.2, 0.25) is 0 Å². The molecule has 0 radical (unpaired) electrons. The second-order valence-electron chi connectivity index (χ2n) is 39.8. The van der Waals surface area contributed by atoms with Gasteiger partial charge in [-0.2, -0.15) is 0 Å². The molecule has 25 heteroatoms. The van der Waals surface area contributed by atoms with Crippen LogP contribution in [0.25, 0.3) is 0 Å². The summed E-state index contributed by atoms with van der Waals surface area (Å²) in [5.74, 6) is 5.30. The van der Waals surface area contributed by atoms with Gasteiger partial charge in [-0.1, -0.05) is 78.9 Å². The van der Waals surface area contributed by atoms with E-state index >= 15 is 0 Å². The lowest BCUT2D eigenvalue weighted by Gasteiger charge is -2.63. The summed E-state index contributed by atoms with van der Waals surface area (Å²) in [5, 5.41) is 85.6. The first-order valence-electron chi connectivity index (χ1n) is 46.7. The molecular formula is C99H131Cl2N5O18. The molecule has 5 saturated heterocycles. The number of benzene rings is 5. The minimum absolute atomic E-state index is 0. The summed E-state index contributed by atoms with van der Waals surface area (Å²) >= 11 is 0. The summed E-state index contributed by atoms with van der Waals surface area (Å²) in [5.41, 5.74) is 12.7. The molecule has 10 N–H and O–H groups in total. The fourth-order valence-corrected chi connectivity index (χ4v) is 30.5. The van der Waals surface area contributed by atoms with Gasteiger partial charge in [0.25, 0.3) is 0 Å². The predicted molar refractivity (Wildman–Crippen MR) is 455 cm³/mol. The number of likely N-dealkylation sites (tertiary alicyclic amines) is 5. The number of aromatic hydroxyl groups is 1. The maximum absolute atomic E-state index is 12.0. The molecular weight excluding hydrogens is 1620 g/mol. The van der Waals surface area contributed by atoms with Gasteiger partial charge in [0.15, 0.2) is 11.5 Å². The number of nitrogens with one attached hydrogen (secondary N) is 2. The first kappa shape index (κ1) is 87.6. The third-order valence-electron chi connectivity index (χ3n) is 35.5. The van der Waals surface area contributed by atoms with Crippen LogP contribution in [0.3, 0.4) is 0 Å². The van der Waals surface area contributed by atoms with Crippen molar-refractivity contribution >= 4 is 0 Å². The largest absolute Gasteiger partial charge is 1.00 e. The predicted octanol–water partition coefficient (Wildman–Crippen LogP) is -0.451. The number of hydrogen-bond acceptors (Lipinski definition) is 21. The smallest absolute Gasteiger partial charge is 0.165 e. The second-order valence-corrected chi connectivity index (χ2v) is 39.8. The number of nitrogens with zero attached hydrogens (tertiary/aromatic N) is 3. The van der Waals surface area contributed by atoms with E-state index in [-0.39, 0.29) is 152 Å². The molecule has 5 aromatic carbocycles. The number of aliphatic hydroxyl groups excluding tert-OH is 4. The highest BCUT2D eigenvalue weighted by Crippen LogP contribution is 2.70. The molecule has 23 nitrogen and oxygen atoms in total. The Hall–Kier alpha value is -5.72. The van der Waals surface area contributed by atoms with Gasteiger partial charge in [0.05, 0.1) is 111 Å². The second kappa shape index (κ2) is 32.1. The standard InChI is InChI=1S/2C20H27NO4.2C20H25NO3.C19H25NO4.2ClH/c2*1-3-24-14-6-7-20(23)15-10-12-4-5-13(11-22)17-16(12)19(20,18(14)25-17)8-9-21(15)2;2*1-3-23-16-7-6-14-15-10-12-4-5-13(11-22)18-17(12)20(14,19(16)24-18)8-9-21(15)2;1-3-23-13-6-7-19(22)14-10-11-4-5-12(21)16-15(11)18(19,17(13)24-16)8-9-20(14)2;;/h2*4-5,14-15,18,22-23H,3,6-11H2,1-2H3;2*4-7,14-16,19,22H,3,8-11H2,1-2H3;4-5,13-14,17,21-22H,3,6-10H2,1-2H3;2*1H/t2*14-,15?,18-,19-,20+;2*14?,15?,16-,19-,20-;13-,14?,17-,18-,19+;;/m00000../s1. The fraction of sp³-hybridized carbons (Fsp3) is 0.657. The number of phenols is 1. The third kappa shape index (κ3) is 11.6. The maximum Gasteiger partial charge on any atom is 0.165 e. The number of rotatable bonds is 14. The van der Waals surface area contributed by atoms with Crippen LogP contribution in [0.2, 0.25) is 0 Å². The Labute approximate surface area is 742 Å². The van der Waals surface area contributed by atoms with Crippen molar-refractivity contribution in [3.63, 3.8) is 0 Å². The van der Waals surface area contributed by atoms with E-state index in [0.29, 0.717) is 62.7 Å². The van der Waals surface area contributed by atoms with Crippen LogP contribution in [0, 0.1) is 11.8 Å². The molecule has 10 heterocycles. The van der Waals surface area contributed by atoms with Crippen molar-refractivity contribution in [2.24, 2.45) is 11.8 Å². The third-order valence-corrected chi connectivity index (χ3v) is 35.5. The summed E-state index contributed by atoms with van der Waals surface area (Å²) < 4.78 is 62.7. The van der Waals surface area contributed by atoms with Crippen LogP contribution >= 0.6 is 0 Å². The SMILES string of the molecule is CCO[C@H]1C=CC2C3Cc4ccc(CO)c5c4[C@@]2(CCN3C)[C@H]1O5.CCO[C@H]1C=CC2C3Cc4ccc(CO)c5c4[C@@]2(CC[NH+]3C)[C@H]1O5.CCO[C@H]1CC[C@@]2(O)C3Cc4ccc(CO)c5c4[C@@]2(CCN3C)[C@H]1O5.CCO[C@H]1CC[C@@]2(O)C3Cc4ccc(CO)c5c4[C@@]2(CC[NH+]3C)[C@H]1O5.CCO[C@H]1CC[C@@]2(O)C3Cc4ccc(O)c5c4[C@@]2(CCN3C)[C@H]1O5.[Cl-].[Cl-].